The van der Waals surface area contributed by atoms with E-state index in [0.717, 1.165) is 86.1 Å². The zero-order valence-electron chi connectivity index (χ0n) is 25.9. The second-order valence-electron chi connectivity index (χ2n) is 11.6. The van der Waals surface area contributed by atoms with Gasteiger partial charge in [-0.05, 0) is 61.1 Å². The molecule has 2 N–H and O–H groups in total. The van der Waals surface area contributed by atoms with Crippen LogP contribution in [0.4, 0.5) is 0 Å². The predicted molar refractivity (Wildman–Crippen MR) is 185 cm³/mol. The second-order valence-corrected chi connectivity index (χ2v) is 13.3. The van der Waals surface area contributed by atoms with E-state index in [1.807, 2.05) is 12.1 Å². The molecule has 0 aliphatic carbocycles. The van der Waals surface area contributed by atoms with Gasteiger partial charge in [-0.15, -0.1) is 22.7 Å². The fourth-order valence-corrected chi connectivity index (χ4v) is 7.33. The van der Waals surface area contributed by atoms with Crippen LogP contribution in [0.3, 0.4) is 0 Å². The van der Waals surface area contributed by atoms with Crippen LogP contribution in [0.15, 0.2) is 65.6 Å². The summed E-state index contributed by atoms with van der Waals surface area (Å²) in [6, 6.07) is 10.3. The lowest BCUT2D eigenvalue weighted by Gasteiger charge is -2.07. The van der Waals surface area contributed by atoms with E-state index in [4.69, 9.17) is 18.8 Å². The molecule has 0 fully saturated rings. The summed E-state index contributed by atoms with van der Waals surface area (Å²) in [6.07, 6.45) is 10.2. The zero-order chi connectivity index (χ0) is 32.2. The molecule has 0 bridgehead atoms. The van der Waals surface area contributed by atoms with E-state index in [0.29, 0.717) is 43.7 Å². The largest absolute Gasteiger partial charge is 0.508 e. The third kappa shape index (κ3) is 6.78. The van der Waals surface area contributed by atoms with Crippen LogP contribution in [0.2, 0.25) is 0 Å². The maximum absolute atomic E-state index is 12.9. The third-order valence-electron chi connectivity index (χ3n) is 8.21. The highest BCUT2D eigenvalue weighted by Gasteiger charge is 2.18. The van der Waals surface area contributed by atoms with Crippen LogP contribution in [-0.4, -0.2) is 20.2 Å². The molecule has 10 heteroatoms. The molecule has 4 aromatic heterocycles. The van der Waals surface area contributed by atoms with Crippen molar-refractivity contribution < 1.29 is 19.0 Å². The number of aromatic hydroxyl groups is 2. The summed E-state index contributed by atoms with van der Waals surface area (Å²) >= 11 is 2.70. The van der Waals surface area contributed by atoms with Gasteiger partial charge < -0.3 is 19.0 Å². The quantitative estimate of drug-likeness (QED) is 0.0930. The Morgan fingerprint density at radius 3 is 1.46 bits per heavy atom. The summed E-state index contributed by atoms with van der Waals surface area (Å²) < 4.78 is 11.1. The number of unbranched alkanes of at least 4 members (excludes halogenated alkanes) is 6. The molecule has 0 spiro atoms. The van der Waals surface area contributed by atoms with Gasteiger partial charge in [0.05, 0.1) is 22.5 Å². The summed E-state index contributed by atoms with van der Waals surface area (Å²) in [4.78, 5) is 35.3. The Hall–Kier alpha value is -4.28. The Labute approximate surface area is 274 Å². The molecule has 0 saturated heterocycles. The molecule has 0 radical (unpaired) electrons. The molecule has 0 saturated carbocycles. The van der Waals surface area contributed by atoms with E-state index in [-0.39, 0.29) is 11.5 Å². The summed E-state index contributed by atoms with van der Waals surface area (Å²) in [5.41, 5.74) is 2.85. The van der Waals surface area contributed by atoms with E-state index in [2.05, 4.69) is 13.8 Å². The van der Waals surface area contributed by atoms with Crippen LogP contribution in [0.5, 0.6) is 11.5 Å². The second kappa shape index (κ2) is 14.0. The number of phenols is 2. The lowest BCUT2D eigenvalue weighted by Crippen LogP contribution is -2.03. The van der Waals surface area contributed by atoms with Gasteiger partial charge in [-0.3, -0.25) is 0 Å². The van der Waals surface area contributed by atoms with Crippen molar-refractivity contribution in [1.82, 2.24) is 9.97 Å². The van der Waals surface area contributed by atoms with Crippen LogP contribution < -0.4 is 11.3 Å². The summed E-state index contributed by atoms with van der Waals surface area (Å²) in [5.74, 6) is 0.272. The van der Waals surface area contributed by atoms with Gasteiger partial charge >= 0.3 is 11.3 Å². The highest BCUT2D eigenvalue weighted by Crippen LogP contribution is 2.35. The van der Waals surface area contributed by atoms with Crippen LogP contribution in [0, 0.1) is 0 Å². The third-order valence-corrected chi connectivity index (χ3v) is 10.0. The van der Waals surface area contributed by atoms with Gasteiger partial charge in [0.25, 0.3) is 0 Å². The summed E-state index contributed by atoms with van der Waals surface area (Å²) in [7, 11) is 0. The van der Waals surface area contributed by atoms with Crippen LogP contribution in [0.25, 0.3) is 54.5 Å². The SMILES string of the molecule is CCCCCCc1cc2cc(-c3csc(-c4nc(-c5cc6cc(CCCCCC)c(O)cc6oc5=O)cs4)n3)c(=O)oc2cc1O. The average Bonchev–Trinajstić information content (AvgIpc) is 3.72. The average molecular weight is 657 g/mol. The molecule has 0 atom stereocenters. The fraction of sp³-hybridized carbons (Fsp3) is 0.333. The first-order chi connectivity index (χ1) is 22.3. The number of benzene rings is 2. The van der Waals surface area contributed by atoms with Crippen molar-refractivity contribution in [2.45, 2.75) is 78.1 Å². The number of hydrogen-bond acceptors (Lipinski definition) is 10. The lowest BCUT2D eigenvalue weighted by molar-refractivity contribution is 0.463. The van der Waals surface area contributed by atoms with Gasteiger partial charge in [-0.2, -0.15) is 0 Å². The fourth-order valence-electron chi connectivity index (χ4n) is 5.64. The minimum absolute atomic E-state index is 0.136. The molecule has 0 aliphatic rings. The van der Waals surface area contributed by atoms with Crippen LogP contribution in [0.1, 0.15) is 76.3 Å². The molecule has 6 aromatic rings. The maximum Gasteiger partial charge on any atom is 0.345 e. The highest BCUT2D eigenvalue weighted by atomic mass is 32.1. The van der Waals surface area contributed by atoms with Crippen molar-refractivity contribution in [3.63, 3.8) is 0 Å². The van der Waals surface area contributed by atoms with Gasteiger partial charge in [0.15, 0.2) is 10.0 Å². The van der Waals surface area contributed by atoms with E-state index >= 15 is 0 Å². The van der Waals surface area contributed by atoms with Crippen molar-refractivity contribution in [1.29, 1.82) is 0 Å². The van der Waals surface area contributed by atoms with E-state index in [1.165, 1.54) is 34.8 Å². The number of nitrogens with zero attached hydrogens (tertiary/aromatic N) is 2. The molecule has 0 amide bonds. The van der Waals surface area contributed by atoms with Crippen molar-refractivity contribution >= 4 is 44.6 Å². The van der Waals surface area contributed by atoms with Crippen molar-refractivity contribution in [2.24, 2.45) is 0 Å². The van der Waals surface area contributed by atoms with Gasteiger partial charge in [0.2, 0.25) is 0 Å². The Kier molecular flexibility index (Phi) is 9.65. The monoisotopic (exact) mass is 656 g/mol. The van der Waals surface area contributed by atoms with E-state index in [1.54, 1.807) is 22.9 Å². The van der Waals surface area contributed by atoms with Crippen molar-refractivity contribution in [3.05, 3.63) is 79.1 Å². The standard InChI is InChI=1S/C36H36N2O6S2/c1-3-5-7-9-11-21-13-23-15-25(35(41)43-31(23)17-29(21)39)27-19-45-33(37-27)34-38-28(20-46-34)26-16-24-14-22(12-10-8-6-4-2)30(40)18-32(24)44-36(26)42/h13-20,39-40H,3-12H2,1-2H3. The topological polar surface area (TPSA) is 127 Å². The Balaban J connectivity index is 1.26. The smallest absolute Gasteiger partial charge is 0.345 e. The first-order valence-electron chi connectivity index (χ1n) is 15.9. The Morgan fingerprint density at radius 2 is 1.04 bits per heavy atom. The Morgan fingerprint density at radius 1 is 0.609 bits per heavy atom. The number of phenolic OH excluding ortho intramolecular Hbond substituents is 2. The minimum Gasteiger partial charge on any atom is -0.508 e. The van der Waals surface area contributed by atoms with Crippen molar-refractivity contribution in [3.8, 4) is 44.0 Å². The molecular weight excluding hydrogens is 621 g/mol. The first-order valence-corrected chi connectivity index (χ1v) is 17.6. The molecule has 4 heterocycles. The van der Waals surface area contributed by atoms with E-state index < -0.39 is 11.3 Å². The molecule has 8 nitrogen and oxygen atoms in total. The summed E-state index contributed by atoms with van der Waals surface area (Å²) in [5, 5.41) is 27.2. The molecule has 2 aromatic carbocycles. The summed E-state index contributed by atoms with van der Waals surface area (Å²) in [6.45, 7) is 4.33. The minimum atomic E-state index is -0.538. The van der Waals surface area contributed by atoms with Crippen molar-refractivity contribution in [2.75, 3.05) is 0 Å². The van der Waals surface area contributed by atoms with Crippen LogP contribution in [-0.2, 0) is 12.8 Å². The number of aromatic nitrogens is 2. The predicted octanol–water partition coefficient (Wildman–Crippen LogP) is 9.47. The number of aryl methyl sites for hydroxylation is 2. The normalized spacial score (nSPS) is 11.6. The maximum atomic E-state index is 12.9. The number of thiazole rings is 2. The molecular formula is C36H36N2O6S2. The molecule has 46 heavy (non-hydrogen) atoms. The van der Waals surface area contributed by atoms with Gasteiger partial charge in [0, 0.05) is 33.7 Å². The zero-order valence-corrected chi connectivity index (χ0v) is 27.6. The Bertz CT molecular complexity index is 1970. The van der Waals surface area contributed by atoms with Gasteiger partial charge in [-0.1, -0.05) is 52.4 Å². The molecule has 0 unspecified atom stereocenters. The van der Waals surface area contributed by atoms with Gasteiger partial charge in [0.1, 0.15) is 22.7 Å². The number of hydrogen-bond donors (Lipinski definition) is 2. The highest BCUT2D eigenvalue weighted by molar-refractivity contribution is 7.20. The molecule has 0 aliphatic heterocycles. The van der Waals surface area contributed by atoms with Gasteiger partial charge in [-0.25, -0.2) is 19.6 Å². The lowest BCUT2D eigenvalue weighted by atomic mass is 10.0. The van der Waals surface area contributed by atoms with E-state index in [9.17, 15) is 19.8 Å². The molecule has 6 rings (SSSR count). The first kappa shape index (κ1) is 31.7. The van der Waals surface area contributed by atoms with Crippen LogP contribution >= 0.6 is 22.7 Å². The molecule has 238 valence electrons. The number of fused-ring (bicyclic) bond motifs is 2. The number of rotatable bonds is 13.